The lowest BCUT2D eigenvalue weighted by atomic mass is 10.4. The minimum Gasteiger partial charge on any atom is -0.326 e. The van der Waals surface area contributed by atoms with E-state index in [1.807, 2.05) is 0 Å². The van der Waals surface area contributed by atoms with Crippen LogP contribution in [0.3, 0.4) is 0 Å². The van der Waals surface area contributed by atoms with E-state index in [9.17, 15) is 9.59 Å². The molecule has 0 N–H and O–H groups in total. The van der Waals surface area contributed by atoms with Gasteiger partial charge in [-0.3, -0.25) is 9.59 Å². The molecule has 11 heavy (non-hydrogen) atoms. The van der Waals surface area contributed by atoms with Gasteiger partial charge < -0.3 is 4.90 Å². The summed E-state index contributed by atoms with van der Waals surface area (Å²) in [6.45, 7) is 5.57. The summed E-state index contributed by atoms with van der Waals surface area (Å²) in [4.78, 5) is 23.2. The molecule has 1 rings (SSSR count). The summed E-state index contributed by atoms with van der Waals surface area (Å²) in [6, 6.07) is 0. The Balaban J connectivity index is 2.58. The first kappa shape index (κ1) is 8.33. The molecule has 0 spiro atoms. The summed E-state index contributed by atoms with van der Waals surface area (Å²) in [5, 5.41) is -0.380. The van der Waals surface area contributed by atoms with Gasteiger partial charge in [-0.1, -0.05) is 17.8 Å². The van der Waals surface area contributed by atoms with E-state index < -0.39 is 5.91 Å². The van der Waals surface area contributed by atoms with Crippen molar-refractivity contribution in [3.8, 4) is 0 Å². The summed E-state index contributed by atoms with van der Waals surface area (Å²) < 4.78 is 0. The Hall–Kier alpha value is -0.770. The Morgan fingerprint density at radius 1 is 1.55 bits per heavy atom. The van der Waals surface area contributed by atoms with Crippen molar-refractivity contribution in [3.63, 3.8) is 0 Å². The Kier molecular flexibility index (Phi) is 2.70. The van der Waals surface area contributed by atoms with Crippen molar-refractivity contribution in [1.82, 2.24) is 4.90 Å². The lowest BCUT2D eigenvalue weighted by molar-refractivity contribution is -0.139. The van der Waals surface area contributed by atoms with Crippen LogP contribution in [0.4, 0.5) is 0 Å². The molecule has 0 aromatic heterocycles. The normalized spacial score (nSPS) is 18.7. The molecule has 0 saturated carbocycles. The zero-order chi connectivity index (χ0) is 8.27. The van der Waals surface area contributed by atoms with Gasteiger partial charge in [-0.15, -0.1) is 6.58 Å². The molecule has 0 aliphatic carbocycles. The van der Waals surface area contributed by atoms with Crippen molar-refractivity contribution in [2.24, 2.45) is 0 Å². The van der Waals surface area contributed by atoms with Crippen molar-refractivity contribution in [3.05, 3.63) is 19.2 Å². The molecule has 4 heteroatoms. The second-order valence-electron chi connectivity index (χ2n) is 2.02. The Morgan fingerprint density at radius 2 is 2.27 bits per heavy atom. The molecule has 0 aromatic carbocycles. The summed E-state index contributed by atoms with van der Waals surface area (Å²) in [5.41, 5.74) is 0. The molecule has 1 amide bonds. The van der Waals surface area contributed by atoms with Gasteiger partial charge in [0.15, 0.2) is 0 Å². The zero-order valence-corrected chi connectivity index (χ0v) is 6.76. The molecule has 3 nitrogen and oxygen atoms in total. The SMILES string of the molecule is C=C[CH]N1CCSC(=O)C1=O. The lowest BCUT2D eigenvalue weighted by Crippen LogP contribution is -2.38. The van der Waals surface area contributed by atoms with Crippen LogP contribution in [-0.4, -0.2) is 28.2 Å². The van der Waals surface area contributed by atoms with Crippen LogP contribution in [-0.2, 0) is 9.59 Å². The number of rotatable bonds is 2. The van der Waals surface area contributed by atoms with E-state index in [4.69, 9.17) is 0 Å². The number of thioether (sulfide) groups is 1. The predicted molar refractivity (Wildman–Crippen MR) is 43.7 cm³/mol. The third kappa shape index (κ3) is 1.83. The summed E-state index contributed by atoms with van der Waals surface area (Å²) in [5.74, 6) is 0.232. The summed E-state index contributed by atoms with van der Waals surface area (Å²) in [7, 11) is 0. The van der Waals surface area contributed by atoms with Crippen LogP contribution in [0.5, 0.6) is 0 Å². The largest absolute Gasteiger partial charge is 0.326 e. The van der Waals surface area contributed by atoms with Gasteiger partial charge in [0, 0.05) is 12.3 Å². The van der Waals surface area contributed by atoms with Crippen molar-refractivity contribution in [1.29, 1.82) is 0 Å². The van der Waals surface area contributed by atoms with Crippen molar-refractivity contribution in [2.75, 3.05) is 12.3 Å². The fraction of sp³-hybridized carbons (Fsp3) is 0.286. The molecule has 0 bridgehead atoms. The van der Waals surface area contributed by atoms with Gasteiger partial charge in [-0.2, -0.15) is 0 Å². The van der Waals surface area contributed by atoms with E-state index in [2.05, 4.69) is 6.58 Å². The van der Waals surface area contributed by atoms with E-state index >= 15 is 0 Å². The number of amides is 1. The van der Waals surface area contributed by atoms with Gasteiger partial charge >= 0.3 is 5.91 Å². The molecule has 59 valence electrons. The number of hydrogen-bond acceptors (Lipinski definition) is 3. The molecule has 1 aliphatic heterocycles. The van der Waals surface area contributed by atoms with E-state index in [0.717, 1.165) is 11.8 Å². The molecule has 1 saturated heterocycles. The zero-order valence-electron chi connectivity index (χ0n) is 5.95. The van der Waals surface area contributed by atoms with Gasteiger partial charge in [-0.05, 0) is 0 Å². The number of hydrogen-bond donors (Lipinski definition) is 0. The molecule has 1 radical (unpaired) electrons. The number of carbonyl (C=O) groups excluding carboxylic acids is 2. The van der Waals surface area contributed by atoms with Crippen molar-refractivity contribution in [2.45, 2.75) is 0 Å². The average molecular weight is 170 g/mol. The van der Waals surface area contributed by atoms with E-state index in [-0.39, 0.29) is 5.12 Å². The second kappa shape index (κ2) is 3.57. The molecule has 0 unspecified atom stereocenters. The quantitative estimate of drug-likeness (QED) is 0.564. The van der Waals surface area contributed by atoms with Gasteiger partial charge in [0.2, 0.25) is 0 Å². The van der Waals surface area contributed by atoms with Crippen LogP contribution in [0.15, 0.2) is 12.7 Å². The highest BCUT2D eigenvalue weighted by molar-refractivity contribution is 8.15. The monoisotopic (exact) mass is 170 g/mol. The van der Waals surface area contributed by atoms with Crippen LogP contribution in [0.1, 0.15) is 0 Å². The lowest BCUT2D eigenvalue weighted by Gasteiger charge is -2.22. The number of nitrogens with zero attached hydrogens (tertiary/aromatic N) is 1. The summed E-state index contributed by atoms with van der Waals surface area (Å²) >= 11 is 1.07. The van der Waals surface area contributed by atoms with Crippen LogP contribution < -0.4 is 0 Å². The van der Waals surface area contributed by atoms with Gasteiger partial charge in [0.25, 0.3) is 5.12 Å². The minimum atomic E-state index is -0.443. The Morgan fingerprint density at radius 3 is 2.91 bits per heavy atom. The van der Waals surface area contributed by atoms with Crippen LogP contribution in [0, 0.1) is 6.54 Å². The predicted octanol–water partition coefficient (Wildman–Crippen LogP) is 0.436. The van der Waals surface area contributed by atoms with E-state index in [1.54, 1.807) is 0 Å². The maximum Gasteiger partial charge on any atom is 0.301 e. The van der Waals surface area contributed by atoms with E-state index in [0.29, 0.717) is 12.3 Å². The van der Waals surface area contributed by atoms with Crippen LogP contribution in [0.25, 0.3) is 0 Å². The number of carbonyl (C=O) groups is 2. The highest BCUT2D eigenvalue weighted by atomic mass is 32.2. The highest BCUT2D eigenvalue weighted by Gasteiger charge is 2.25. The molecular formula is C7H8NO2S. The Bertz CT molecular complexity index is 203. The maximum atomic E-state index is 11.0. The van der Waals surface area contributed by atoms with Crippen LogP contribution in [0.2, 0.25) is 0 Å². The highest BCUT2D eigenvalue weighted by Crippen LogP contribution is 2.13. The standard InChI is InChI=1S/C7H8NO2S/c1-2-3-8-4-5-11-7(10)6(8)9/h2-3H,1,4-5H2. The average Bonchev–Trinajstić information content (AvgIpc) is 1.99. The first-order valence-electron chi connectivity index (χ1n) is 3.19. The first-order chi connectivity index (χ1) is 5.25. The maximum absolute atomic E-state index is 11.0. The summed E-state index contributed by atoms with van der Waals surface area (Å²) in [6.07, 6.45) is 1.50. The fourth-order valence-corrected chi connectivity index (χ4v) is 1.50. The molecule has 0 atom stereocenters. The first-order valence-corrected chi connectivity index (χ1v) is 4.18. The van der Waals surface area contributed by atoms with Gasteiger partial charge in [0.1, 0.15) is 0 Å². The molecular weight excluding hydrogens is 162 g/mol. The minimum absolute atomic E-state index is 0.380. The topological polar surface area (TPSA) is 37.4 Å². The Labute approximate surface area is 69.4 Å². The fourth-order valence-electron chi connectivity index (χ4n) is 0.787. The van der Waals surface area contributed by atoms with Gasteiger partial charge in [0.05, 0.1) is 6.54 Å². The molecule has 1 aliphatic rings. The molecule has 1 fully saturated rings. The van der Waals surface area contributed by atoms with Crippen molar-refractivity contribution >= 4 is 22.8 Å². The van der Waals surface area contributed by atoms with Crippen molar-refractivity contribution < 1.29 is 9.59 Å². The van der Waals surface area contributed by atoms with Gasteiger partial charge in [-0.25, -0.2) is 0 Å². The second-order valence-corrected chi connectivity index (χ2v) is 3.09. The smallest absolute Gasteiger partial charge is 0.301 e. The van der Waals surface area contributed by atoms with E-state index in [1.165, 1.54) is 17.5 Å². The third-order valence-corrected chi connectivity index (χ3v) is 2.11. The molecule has 0 aromatic rings. The molecule has 1 heterocycles. The third-order valence-electron chi connectivity index (χ3n) is 1.29. The van der Waals surface area contributed by atoms with Crippen LogP contribution >= 0.6 is 11.8 Å².